The highest BCUT2D eigenvalue weighted by molar-refractivity contribution is 6.39. The van der Waals surface area contributed by atoms with Gasteiger partial charge in [0.15, 0.2) is 0 Å². The maximum Gasteiger partial charge on any atom is 0.329 e. The second-order valence-electron chi connectivity index (χ2n) is 18.0. The molecule has 2 bridgehead atoms. The molecule has 0 radical (unpaired) electrons. The minimum Gasteiger partial charge on any atom is -0.456 e. The van der Waals surface area contributed by atoms with E-state index >= 15 is 0 Å². The number of amides is 1. The molecule has 1 amide bonds. The van der Waals surface area contributed by atoms with Crippen LogP contribution >= 0.6 is 0 Å². The van der Waals surface area contributed by atoms with E-state index in [1.165, 1.54) is 4.90 Å². The number of Topliss-reactive ketones (excluding diaryl/α,β-unsaturated/α-hetero) is 2. The Hall–Kier alpha value is -2.48. The van der Waals surface area contributed by atoms with E-state index in [0.717, 1.165) is 17.6 Å². The predicted molar refractivity (Wildman–Crippen MR) is 216 cm³/mol. The van der Waals surface area contributed by atoms with Crippen molar-refractivity contribution in [1.82, 2.24) is 4.90 Å². The van der Waals surface area contributed by atoms with Gasteiger partial charge in [0.2, 0.25) is 5.79 Å². The zero-order valence-electron chi connectivity index (χ0n) is 36.4. The number of ketones is 2. The number of methoxy groups -OCH3 is 2. The van der Waals surface area contributed by atoms with E-state index in [1.807, 2.05) is 41.5 Å². The molecule has 57 heavy (non-hydrogen) atoms. The Labute approximate surface area is 341 Å². The van der Waals surface area contributed by atoms with Gasteiger partial charge in [0.05, 0.1) is 30.5 Å². The molecule has 1 aliphatic carbocycles. The number of nitrogens with zero attached hydrogens (tertiary/aromatic N) is 1. The third-order valence-corrected chi connectivity index (χ3v) is 12.9. The Morgan fingerprint density at radius 1 is 0.982 bits per heavy atom. The van der Waals surface area contributed by atoms with Crippen LogP contribution in [0, 0.1) is 29.6 Å². The van der Waals surface area contributed by atoms with Gasteiger partial charge in [0.25, 0.3) is 11.7 Å². The fourth-order valence-electron chi connectivity index (χ4n) is 9.64. The summed E-state index contributed by atoms with van der Waals surface area (Å²) in [5.74, 6) is -6.19. The highest BCUT2D eigenvalue weighted by Gasteiger charge is 2.56. The third kappa shape index (κ3) is 11.8. The molecule has 13 unspecified atom stereocenters. The lowest BCUT2D eigenvalue weighted by atomic mass is 9.82. The van der Waals surface area contributed by atoms with E-state index < -0.39 is 65.9 Å². The van der Waals surface area contributed by atoms with Crippen molar-refractivity contribution in [1.29, 1.82) is 0 Å². The number of aliphatic hydroxyl groups is 2. The number of ether oxygens (including phenoxy) is 5. The zero-order valence-corrected chi connectivity index (χ0v) is 36.4. The fraction of sp³-hybridized carbons (Fsp3) is 0.822. The molecule has 0 aromatic heterocycles. The second-order valence-corrected chi connectivity index (χ2v) is 18.0. The van der Waals surface area contributed by atoms with Gasteiger partial charge in [-0.05, 0) is 122 Å². The molecule has 0 aromatic rings. The molecular formula is C45H73NO11. The van der Waals surface area contributed by atoms with E-state index in [9.17, 15) is 29.4 Å². The lowest BCUT2D eigenvalue weighted by molar-refractivity contribution is -0.302. The van der Waals surface area contributed by atoms with E-state index in [0.29, 0.717) is 64.2 Å². The molecule has 0 aromatic carbocycles. The monoisotopic (exact) mass is 804 g/mol. The summed E-state index contributed by atoms with van der Waals surface area (Å²) in [4.78, 5) is 57.8. The van der Waals surface area contributed by atoms with Crippen LogP contribution in [0.1, 0.15) is 132 Å². The number of carbonyl (C=O) groups is 4. The number of cyclic esters (lactones) is 1. The Morgan fingerprint density at radius 3 is 2.32 bits per heavy atom. The Kier molecular flexibility index (Phi) is 17.5. The molecule has 12 heteroatoms. The first-order valence-corrected chi connectivity index (χ1v) is 21.7. The van der Waals surface area contributed by atoms with Crippen LogP contribution in [0.15, 0.2) is 23.3 Å². The smallest absolute Gasteiger partial charge is 0.329 e. The average molecular weight is 804 g/mol. The van der Waals surface area contributed by atoms with Crippen molar-refractivity contribution in [2.24, 2.45) is 29.6 Å². The minimum absolute atomic E-state index is 0.0337. The Morgan fingerprint density at radius 2 is 1.67 bits per heavy atom. The van der Waals surface area contributed by atoms with Gasteiger partial charge in [-0.3, -0.25) is 14.4 Å². The number of rotatable bonds is 7. The topological polar surface area (TPSA) is 158 Å². The number of fused-ring (bicyclic) bond motifs is 3. The molecule has 4 rings (SSSR count). The molecule has 3 fully saturated rings. The van der Waals surface area contributed by atoms with Gasteiger partial charge in [0.1, 0.15) is 24.0 Å². The fourth-order valence-corrected chi connectivity index (χ4v) is 9.64. The summed E-state index contributed by atoms with van der Waals surface area (Å²) in [6, 6.07) is -1.04. The molecule has 12 nitrogen and oxygen atoms in total. The summed E-state index contributed by atoms with van der Waals surface area (Å²) in [6.07, 6.45) is 7.04. The van der Waals surface area contributed by atoms with E-state index in [2.05, 4.69) is 19.1 Å². The van der Waals surface area contributed by atoms with Crippen LogP contribution in [0.4, 0.5) is 0 Å². The Bertz CT molecular complexity index is 1440. The largest absolute Gasteiger partial charge is 0.456 e. The first-order chi connectivity index (χ1) is 26.9. The van der Waals surface area contributed by atoms with Crippen LogP contribution in [0.5, 0.6) is 0 Å². The molecule has 0 spiro atoms. The molecule has 1 saturated carbocycles. The van der Waals surface area contributed by atoms with Gasteiger partial charge in [-0.25, -0.2) is 4.79 Å². The summed E-state index contributed by atoms with van der Waals surface area (Å²) < 4.78 is 30.5. The normalized spacial score (nSPS) is 38.9. The number of hydrogen-bond acceptors (Lipinski definition) is 11. The van der Waals surface area contributed by atoms with Gasteiger partial charge >= 0.3 is 5.97 Å². The summed E-state index contributed by atoms with van der Waals surface area (Å²) in [5.41, 5.74) is 1.91. The van der Waals surface area contributed by atoms with Gasteiger partial charge in [-0.15, -0.1) is 0 Å². The third-order valence-electron chi connectivity index (χ3n) is 12.9. The van der Waals surface area contributed by atoms with Gasteiger partial charge in [-0.2, -0.15) is 0 Å². The molecule has 2 N–H and O–H groups in total. The first-order valence-electron chi connectivity index (χ1n) is 21.7. The van der Waals surface area contributed by atoms with Crippen LogP contribution in [0.25, 0.3) is 0 Å². The molecule has 13 atom stereocenters. The van der Waals surface area contributed by atoms with E-state index in [1.54, 1.807) is 21.1 Å². The standard InChI is InChI=1S/C45H73NO11/c1-11-33-21-27(4)20-28(5)22-38(53-9)41-39(54-10)24-31(8)45(52,57-41)42(49)43(50)46-19-13-12-14-34(46)44(51)56-40(29(6)15-17-35(33)47)30(7)23-32-16-18-36(48)37(25-32)55-26(2)3/h21,23,26,28-29,31-34,36-41,48,52H,11-20,22,24-25H2,1-10H3. The summed E-state index contributed by atoms with van der Waals surface area (Å²) in [6.45, 7) is 15.8. The van der Waals surface area contributed by atoms with Crippen molar-refractivity contribution in [2.45, 2.75) is 187 Å². The van der Waals surface area contributed by atoms with Crippen LogP contribution < -0.4 is 0 Å². The molecular weight excluding hydrogens is 730 g/mol. The highest BCUT2D eigenvalue weighted by atomic mass is 16.7. The molecule has 2 saturated heterocycles. The summed E-state index contributed by atoms with van der Waals surface area (Å²) in [7, 11) is 3.11. The molecule has 324 valence electrons. The highest BCUT2D eigenvalue weighted by Crippen LogP contribution is 2.39. The van der Waals surface area contributed by atoms with Crippen LogP contribution in [0.3, 0.4) is 0 Å². The van der Waals surface area contributed by atoms with Crippen molar-refractivity contribution < 1.29 is 53.1 Å². The van der Waals surface area contributed by atoms with Gasteiger partial charge < -0.3 is 38.8 Å². The maximum atomic E-state index is 14.3. The number of piperidine rings is 1. The number of carbonyl (C=O) groups excluding carboxylic acids is 4. The molecule has 3 heterocycles. The number of hydrogen-bond donors (Lipinski definition) is 2. The van der Waals surface area contributed by atoms with Crippen molar-refractivity contribution in [3.63, 3.8) is 0 Å². The lowest BCUT2D eigenvalue weighted by Crippen LogP contribution is -2.64. The second kappa shape index (κ2) is 21.2. The molecule has 3 aliphatic heterocycles. The van der Waals surface area contributed by atoms with Crippen molar-refractivity contribution in [3.8, 4) is 0 Å². The first kappa shape index (κ1) is 47.2. The van der Waals surface area contributed by atoms with Crippen LogP contribution in [0.2, 0.25) is 0 Å². The SMILES string of the molecule is CCC1C=C(C)CC(C)CC(OC)C2OC(O)(C(=O)C(=O)N3CCCCC3C(=O)OC(C(C)=CC3CCC(O)C(OC(C)C)C3)C(C)CCC1=O)C(C)CC2OC. The summed E-state index contributed by atoms with van der Waals surface area (Å²) in [5, 5.41) is 22.7. The van der Waals surface area contributed by atoms with E-state index in [-0.39, 0.29) is 54.6 Å². The van der Waals surface area contributed by atoms with Crippen molar-refractivity contribution >= 4 is 23.4 Å². The summed E-state index contributed by atoms with van der Waals surface area (Å²) >= 11 is 0. The molecule has 4 aliphatic rings. The lowest BCUT2D eigenvalue weighted by Gasteiger charge is -2.47. The maximum absolute atomic E-state index is 14.3. The van der Waals surface area contributed by atoms with E-state index in [4.69, 9.17) is 23.7 Å². The van der Waals surface area contributed by atoms with Crippen LogP contribution in [-0.2, 0) is 42.9 Å². The average Bonchev–Trinajstić information content (AvgIpc) is 3.17. The Balaban J connectivity index is 1.73. The number of aliphatic hydroxyl groups excluding tert-OH is 1. The predicted octanol–water partition coefficient (Wildman–Crippen LogP) is 6.28. The van der Waals surface area contributed by atoms with Gasteiger partial charge in [-0.1, -0.05) is 45.4 Å². The minimum atomic E-state index is -2.47. The number of esters is 1. The van der Waals surface area contributed by atoms with Crippen molar-refractivity contribution in [3.05, 3.63) is 23.3 Å². The van der Waals surface area contributed by atoms with Gasteiger partial charge in [0, 0.05) is 39.0 Å². The zero-order chi connectivity index (χ0) is 42.2. The quantitative estimate of drug-likeness (QED) is 0.170. The van der Waals surface area contributed by atoms with Crippen LogP contribution in [-0.4, -0.2) is 114 Å². The van der Waals surface area contributed by atoms with Crippen molar-refractivity contribution in [2.75, 3.05) is 20.8 Å². The number of allylic oxidation sites excluding steroid dienone is 3.